The number of hydrogen-bond acceptors (Lipinski definition) is 4. The lowest BCUT2D eigenvalue weighted by Crippen LogP contribution is -2.31. The van der Waals surface area contributed by atoms with Gasteiger partial charge in [-0.25, -0.2) is 4.98 Å². The molecule has 2 aromatic rings. The first-order valence-corrected chi connectivity index (χ1v) is 8.05. The van der Waals surface area contributed by atoms with E-state index in [4.69, 9.17) is 0 Å². The predicted octanol–water partition coefficient (Wildman–Crippen LogP) is 3.70. The molecule has 0 aromatic carbocycles. The SMILES string of the molecule is CCNc1cccc(C(=O)NC(c2cccs2)C(C)C)n1. The van der Waals surface area contributed by atoms with E-state index in [0.717, 1.165) is 12.4 Å². The van der Waals surface area contributed by atoms with E-state index < -0.39 is 0 Å². The third kappa shape index (κ3) is 4.04. The molecular formula is C16H21N3OS. The summed E-state index contributed by atoms with van der Waals surface area (Å²) >= 11 is 1.66. The molecular weight excluding hydrogens is 282 g/mol. The molecule has 0 saturated carbocycles. The Morgan fingerprint density at radius 2 is 2.10 bits per heavy atom. The fraction of sp³-hybridized carbons (Fsp3) is 0.375. The summed E-state index contributed by atoms with van der Waals surface area (Å²) in [5.41, 5.74) is 0.440. The molecule has 0 bridgehead atoms. The zero-order valence-electron chi connectivity index (χ0n) is 12.6. The van der Waals surface area contributed by atoms with Gasteiger partial charge in [-0.05, 0) is 36.4 Å². The summed E-state index contributed by atoms with van der Waals surface area (Å²) in [4.78, 5) is 17.9. The third-order valence-corrected chi connectivity index (χ3v) is 4.10. The summed E-state index contributed by atoms with van der Waals surface area (Å²) < 4.78 is 0. The quantitative estimate of drug-likeness (QED) is 0.855. The molecule has 0 aliphatic heterocycles. The molecule has 1 unspecified atom stereocenters. The van der Waals surface area contributed by atoms with Crippen molar-refractivity contribution < 1.29 is 4.79 Å². The van der Waals surface area contributed by atoms with Gasteiger partial charge in [-0.2, -0.15) is 0 Å². The smallest absolute Gasteiger partial charge is 0.270 e. The van der Waals surface area contributed by atoms with E-state index in [9.17, 15) is 4.79 Å². The van der Waals surface area contributed by atoms with Crippen molar-refractivity contribution >= 4 is 23.1 Å². The molecule has 0 aliphatic rings. The van der Waals surface area contributed by atoms with Gasteiger partial charge in [0.2, 0.25) is 0 Å². The van der Waals surface area contributed by atoms with Crippen LogP contribution in [0.25, 0.3) is 0 Å². The Bertz CT molecular complexity index is 581. The molecule has 21 heavy (non-hydrogen) atoms. The normalized spacial score (nSPS) is 12.2. The van der Waals surface area contributed by atoms with Crippen molar-refractivity contribution in [3.63, 3.8) is 0 Å². The molecule has 1 atom stereocenters. The van der Waals surface area contributed by atoms with E-state index >= 15 is 0 Å². The van der Waals surface area contributed by atoms with Crippen LogP contribution in [-0.4, -0.2) is 17.4 Å². The van der Waals surface area contributed by atoms with Gasteiger partial charge in [0.25, 0.3) is 5.91 Å². The number of nitrogens with one attached hydrogen (secondary N) is 2. The van der Waals surface area contributed by atoms with Crippen LogP contribution in [0.1, 0.15) is 42.2 Å². The van der Waals surface area contributed by atoms with Crippen molar-refractivity contribution in [3.8, 4) is 0 Å². The lowest BCUT2D eigenvalue weighted by atomic mass is 10.0. The van der Waals surface area contributed by atoms with E-state index in [-0.39, 0.29) is 11.9 Å². The van der Waals surface area contributed by atoms with Crippen LogP contribution in [0.4, 0.5) is 5.82 Å². The Kier molecular flexibility index (Phi) is 5.33. The fourth-order valence-corrected chi connectivity index (χ4v) is 3.04. The van der Waals surface area contributed by atoms with Crippen LogP contribution in [0.2, 0.25) is 0 Å². The highest BCUT2D eigenvalue weighted by molar-refractivity contribution is 7.10. The monoisotopic (exact) mass is 303 g/mol. The summed E-state index contributed by atoms with van der Waals surface area (Å²) in [5, 5.41) is 8.23. The van der Waals surface area contributed by atoms with Gasteiger partial charge in [-0.15, -0.1) is 11.3 Å². The number of amides is 1. The van der Waals surface area contributed by atoms with Crippen molar-refractivity contribution in [1.29, 1.82) is 0 Å². The van der Waals surface area contributed by atoms with Gasteiger partial charge >= 0.3 is 0 Å². The van der Waals surface area contributed by atoms with Gasteiger partial charge in [0.05, 0.1) is 6.04 Å². The number of hydrogen-bond donors (Lipinski definition) is 2. The van der Waals surface area contributed by atoms with E-state index in [1.807, 2.05) is 30.5 Å². The van der Waals surface area contributed by atoms with Gasteiger partial charge < -0.3 is 10.6 Å². The number of carbonyl (C=O) groups excluding carboxylic acids is 1. The Hall–Kier alpha value is -1.88. The standard InChI is InChI=1S/C16H21N3OS/c1-4-17-14-9-5-7-12(18-14)16(20)19-15(11(2)3)13-8-6-10-21-13/h5-11,15H,4H2,1-3H3,(H,17,18)(H,19,20). The minimum Gasteiger partial charge on any atom is -0.370 e. The highest BCUT2D eigenvalue weighted by Crippen LogP contribution is 2.26. The van der Waals surface area contributed by atoms with Crippen LogP contribution in [-0.2, 0) is 0 Å². The number of aromatic nitrogens is 1. The topological polar surface area (TPSA) is 54.0 Å². The van der Waals surface area contributed by atoms with Crippen molar-refractivity contribution in [1.82, 2.24) is 10.3 Å². The summed E-state index contributed by atoms with van der Waals surface area (Å²) in [5.74, 6) is 0.911. The number of carbonyl (C=O) groups is 1. The van der Waals surface area contributed by atoms with Gasteiger partial charge in [0.1, 0.15) is 11.5 Å². The summed E-state index contributed by atoms with van der Waals surface area (Å²) in [6.07, 6.45) is 0. The summed E-state index contributed by atoms with van der Waals surface area (Å²) in [7, 11) is 0. The second-order valence-corrected chi connectivity index (χ2v) is 6.13. The molecule has 0 fully saturated rings. The zero-order chi connectivity index (χ0) is 15.2. The Morgan fingerprint density at radius 1 is 1.29 bits per heavy atom. The van der Waals surface area contributed by atoms with Crippen molar-refractivity contribution in [2.24, 2.45) is 5.92 Å². The average Bonchev–Trinajstić information content (AvgIpc) is 2.98. The molecule has 0 spiro atoms. The Labute approximate surface area is 129 Å². The molecule has 2 rings (SSSR count). The first-order chi connectivity index (χ1) is 10.1. The lowest BCUT2D eigenvalue weighted by Gasteiger charge is -2.21. The maximum absolute atomic E-state index is 12.4. The van der Waals surface area contributed by atoms with E-state index in [1.165, 1.54) is 4.88 Å². The van der Waals surface area contributed by atoms with Gasteiger partial charge in [-0.1, -0.05) is 26.0 Å². The lowest BCUT2D eigenvalue weighted by molar-refractivity contribution is 0.0921. The predicted molar refractivity (Wildman–Crippen MR) is 87.8 cm³/mol. The first kappa shape index (κ1) is 15.5. The largest absolute Gasteiger partial charge is 0.370 e. The number of rotatable bonds is 6. The maximum Gasteiger partial charge on any atom is 0.270 e. The number of pyridine rings is 1. The number of anilines is 1. The Balaban J connectivity index is 2.14. The molecule has 2 aromatic heterocycles. The highest BCUT2D eigenvalue weighted by Gasteiger charge is 2.20. The molecule has 2 N–H and O–H groups in total. The number of nitrogens with zero attached hydrogens (tertiary/aromatic N) is 1. The molecule has 4 nitrogen and oxygen atoms in total. The molecule has 0 aliphatic carbocycles. The van der Waals surface area contributed by atoms with Crippen LogP contribution < -0.4 is 10.6 Å². The second-order valence-electron chi connectivity index (χ2n) is 5.15. The van der Waals surface area contributed by atoms with Crippen LogP contribution in [0.3, 0.4) is 0 Å². The Morgan fingerprint density at radius 3 is 2.71 bits per heavy atom. The fourth-order valence-electron chi connectivity index (χ4n) is 2.09. The average molecular weight is 303 g/mol. The van der Waals surface area contributed by atoms with Crippen LogP contribution in [0, 0.1) is 5.92 Å². The maximum atomic E-state index is 12.4. The summed E-state index contributed by atoms with van der Waals surface area (Å²) in [6, 6.07) is 9.52. The molecule has 112 valence electrons. The van der Waals surface area contributed by atoms with E-state index in [2.05, 4.69) is 35.5 Å². The van der Waals surface area contributed by atoms with Crippen molar-refractivity contribution in [2.75, 3.05) is 11.9 Å². The van der Waals surface area contributed by atoms with Gasteiger partial charge in [0, 0.05) is 11.4 Å². The molecule has 0 saturated heterocycles. The van der Waals surface area contributed by atoms with E-state index in [0.29, 0.717) is 11.6 Å². The van der Waals surface area contributed by atoms with Crippen molar-refractivity contribution in [2.45, 2.75) is 26.8 Å². The number of thiophene rings is 1. The van der Waals surface area contributed by atoms with Crippen LogP contribution in [0.5, 0.6) is 0 Å². The van der Waals surface area contributed by atoms with E-state index in [1.54, 1.807) is 17.4 Å². The van der Waals surface area contributed by atoms with Gasteiger partial charge in [-0.3, -0.25) is 4.79 Å². The van der Waals surface area contributed by atoms with Gasteiger partial charge in [0.15, 0.2) is 0 Å². The molecule has 1 amide bonds. The third-order valence-electron chi connectivity index (χ3n) is 3.14. The minimum atomic E-state index is -0.137. The molecule has 2 heterocycles. The first-order valence-electron chi connectivity index (χ1n) is 7.17. The molecule has 5 heteroatoms. The van der Waals surface area contributed by atoms with Crippen LogP contribution in [0.15, 0.2) is 35.7 Å². The minimum absolute atomic E-state index is 0.0158. The zero-order valence-corrected chi connectivity index (χ0v) is 13.4. The molecule has 0 radical (unpaired) electrons. The van der Waals surface area contributed by atoms with Crippen molar-refractivity contribution in [3.05, 3.63) is 46.3 Å². The van der Waals surface area contributed by atoms with Crippen LogP contribution >= 0.6 is 11.3 Å². The second kappa shape index (κ2) is 7.22. The summed E-state index contributed by atoms with van der Waals surface area (Å²) in [6.45, 7) is 6.99. The highest BCUT2D eigenvalue weighted by atomic mass is 32.1.